The fourth-order valence-electron chi connectivity index (χ4n) is 10.6. The number of aliphatic imine (C=N–C) groups is 2. The van der Waals surface area contributed by atoms with E-state index in [0.29, 0.717) is 11.8 Å². The van der Waals surface area contributed by atoms with Crippen molar-refractivity contribution in [2.75, 3.05) is 7.05 Å². The molecule has 0 fully saturated rings. The van der Waals surface area contributed by atoms with Crippen molar-refractivity contribution in [3.05, 3.63) is 222 Å². The summed E-state index contributed by atoms with van der Waals surface area (Å²) in [4.78, 5) is 12.8. The van der Waals surface area contributed by atoms with Gasteiger partial charge in [-0.3, -0.25) is 0 Å². The molecule has 6 heteroatoms. The number of benzene rings is 8. The van der Waals surface area contributed by atoms with Crippen LogP contribution in [0.2, 0.25) is 0 Å². The highest BCUT2D eigenvalue weighted by molar-refractivity contribution is 6.26. The minimum atomic E-state index is -0.251. The molecule has 0 N–H and O–H groups in total. The molecule has 8 aromatic carbocycles. The highest BCUT2D eigenvalue weighted by Crippen LogP contribution is 2.47. The first-order valence-corrected chi connectivity index (χ1v) is 22.5. The van der Waals surface area contributed by atoms with Crippen molar-refractivity contribution >= 4 is 72.4 Å². The second-order valence-corrected chi connectivity index (χ2v) is 17.4. The highest BCUT2D eigenvalue weighted by Gasteiger charge is 2.29. The molecule has 13 rings (SSSR count). The highest BCUT2D eigenvalue weighted by atomic mass is 16.3. The van der Waals surface area contributed by atoms with E-state index in [1.54, 1.807) is 0 Å². The second kappa shape index (κ2) is 14.7. The number of aromatic nitrogens is 2. The van der Waals surface area contributed by atoms with Gasteiger partial charge < -0.3 is 18.5 Å². The number of furan rings is 1. The summed E-state index contributed by atoms with van der Waals surface area (Å²) < 4.78 is 11.9. The molecular formula is C59H43N5O. The molecule has 4 heterocycles. The van der Waals surface area contributed by atoms with Crippen molar-refractivity contribution < 1.29 is 4.42 Å². The smallest absolute Gasteiger partial charge is 0.160 e. The van der Waals surface area contributed by atoms with E-state index in [9.17, 15) is 0 Å². The number of nitrogens with zero attached hydrogens (tertiary/aromatic N) is 5. The number of rotatable bonds is 6. The molecule has 2 aliphatic rings. The molecule has 65 heavy (non-hydrogen) atoms. The summed E-state index contributed by atoms with van der Waals surface area (Å²) in [6, 6.07) is 67.1. The number of fused-ring (bicyclic) bond motifs is 10. The molecule has 3 aromatic heterocycles. The first-order chi connectivity index (χ1) is 32.1. The minimum absolute atomic E-state index is 0.251. The molecular weight excluding hydrogens is 795 g/mol. The predicted molar refractivity (Wildman–Crippen MR) is 269 cm³/mol. The normalized spacial score (nSPS) is 16.2. The summed E-state index contributed by atoms with van der Waals surface area (Å²) in [6.45, 7) is 2.35. The summed E-state index contributed by atoms with van der Waals surface area (Å²) in [7, 11) is 2.08. The summed E-state index contributed by atoms with van der Waals surface area (Å²) in [5.41, 5.74) is 15.3. The van der Waals surface area contributed by atoms with E-state index in [2.05, 4.69) is 216 Å². The molecule has 2 atom stereocenters. The van der Waals surface area contributed by atoms with Crippen LogP contribution < -0.4 is 0 Å². The molecule has 310 valence electrons. The average Bonchev–Trinajstić information content (AvgIpc) is 4.03. The van der Waals surface area contributed by atoms with Crippen molar-refractivity contribution in [1.29, 1.82) is 0 Å². The lowest BCUT2D eigenvalue weighted by Gasteiger charge is -2.32. The lowest BCUT2D eigenvalue weighted by Crippen LogP contribution is -2.35. The molecule has 0 amide bonds. The molecule has 11 aromatic rings. The van der Waals surface area contributed by atoms with Crippen LogP contribution in [0.4, 0.5) is 0 Å². The maximum absolute atomic E-state index is 6.96. The van der Waals surface area contributed by atoms with Gasteiger partial charge in [0, 0.05) is 73.7 Å². The van der Waals surface area contributed by atoms with Crippen LogP contribution in [0.1, 0.15) is 53.4 Å². The Morgan fingerprint density at radius 2 is 1.28 bits per heavy atom. The zero-order chi connectivity index (χ0) is 43.2. The van der Waals surface area contributed by atoms with Gasteiger partial charge in [0.15, 0.2) is 11.4 Å². The third-order valence-electron chi connectivity index (χ3n) is 13.5. The molecule has 1 aliphatic carbocycles. The first-order valence-electron chi connectivity index (χ1n) is 22.5. The molecule has 1 aliphatic heterocycles. The van der Waals surface area contributed by atoms with Crippen LogP contribution >= 0.6 is 0 Å². The lowest BCUT2D eigenvalue weighted by molar-refractivity contribution is 0.383. The Morgan fingerprint density at radius 1 is 0.569 bits per heavy atom. The Hall–Kier alpha value is -8.22. The van der Waals surface area contributed by atoms with E-state index in [0.717, 1.165) is 89.5 Å². The van der Waals surface area contributed by atoms with E-state index in [1.165, 1.54) is 27.8 Å². The Kier molecular flexibility index (Phi) is 8.43. The Balaban J connectivity index is 1.07. The van der Waals surface area contributed by atoms with Crippen LogP contribution in [0.3, 0.4) is 0 Å². The number of amidine groups is 2. The van der Waals surface area contributed by atoms with Crippen LogP contribution in [0.25, 0.3) is 83.2 Å². The average molecular weight is 838 g/mol. The minimum Gasteiger partial charge on any atom is -0.454 e. The van der Waals surface area contributed by atoms with Crippen LogP contribution in [0.5, 0.6) is 0 Å². The van der Waals surface area contributed by atoms with Gasteiger partial charge in [0.25, 0.3) is 0 Å². The van der Waals surface area contributed by atoms with E-state index >= 15 is 0 Å². The Bertz CT molecular complexity index is 3780. The second-order valence-electron chi connectivity index (χ2n) is 17.4. The van der Waals surface area contributed by atoms with Crippen LogP contribution in [0, 0.1) is 0 Å². The standard InChI is InChI=1S/C59H43N5O/c1-37-18-16-29-46-44-33-32-40(35-51(44)63(54(37)46)42-24-10-5-11-25-42)48-36-49-45-27-13-15-31-52(45)65-56(49)55-53(48)47-28-12-14-30-50(47)64(55)43-26-17-23-41(34-43)57-60-58(38-19-6-3-7-20-38)62(2)59(61-57)39-21-8-4-9-22-39/h3-17,19-37,58H,18H2,1-2H3. The first kappa shape index (κ1) is 37.3. The van der Waals surface area contributed by atoms with Crippen LogP contribution in [-0.4, -0.2) is 32.8 Å². The number of para-hydroxylation sites is 3. The van der Waals surface area contributed by atoms with Gasteiger partial charge in [-0.05, 0) is 71.6 Å². The van der Waals surface area contributed by atoms with Crippen molar-refractivity contribution in [3.8, 4) is 22.5 Å². The van der Waals surface area contributed by atoms with E-state index < -0.39 is 0 Å². The molecule has 0 saturated carbocycles. The van der Waals surface area contributed by atoms with Crippen molar-refractivity contribution in [1.82, 2.24) is 14.0 Å². The molecule has 0 saturated heterocycles. The maximum Gasteiger partial charge on any atom is 0.160 e. The maximum atomic E-state index is 6.96. The Morgan fingerprint density at radius 3 is 2.11 bits per heavy atom. The van der Waals surface area contributed by atoms with Gasteiger partial charge in [0.2, 0.25) is 0 Å². The van der Waals surface area contributed by atoms with Crippen LogP contribution in [-0.2, 0) is 0 Å². The van der Waals surface area contributed by atoms with Gasteiger partial charge in [0.1, 0.15) is 17.6 Å². The zero-order valence-corrected chi connectivity index (χ0v) is 36.1. The fraction of sp³-hybridized carbons (Fsp3) is 0.0847. The van der Waals surface area contributed by atoms with Gasteiger partial charge >= 0.3 is 0 Å². The third kappa shape index (κ3) is 5.80. The Labute approximate surface area is 376 Å². The quantitative estimate of drug-likeness (QED) is 0.167. The fourth-order valence-corrected chi connectivity index (χ4v) is 10.6. The predicted octanol–water partition coefficient (Wildman–Crippen LogP) is 14.7. The third-order valence-corrected chi connectivity index (χ3v) is 13.5. The molecule has 2 unspecified atom stereocenters. The van der Waals surface area contributed by atoms with Crippen molar-refractivity contribution in [2.24, 2.45) is 9.98 Å². The molecule has 0 spiro atoms. The van der Waals surface area contributed by atoms with Gasteiger partial charge in [-0.25, -0.2) is 9.98 Å². The summed E-state index contributed by atoms with van der Waals surface area (Å²) >= 11 is 0. The number of hydrogen-bond donors (Lipinski definition) is 0. The lowest BCUT2D eigenvalue weighted by atomic mass is 9.92. The SMILES string of the molecule is CC1CC=Cc2c1n(-c1ccccc1)c1cc(-c3cc4c5ccccc5oc4c4c3c3ccccc3n4-c3cccc(C4=NC(c5ccccc5)N(C)C(c5ccccc5)=N4)c3)ccc21. The van der Waals surface area contributed by atoms with Gasteiger partial charge in [-0.1, -0.05) is 159 Å². The largest absolute Gasteiger partial charge is 0.454 e. The molecule has 0 radical (unpaired) electrons. The number of allylic oxidation sites excluding steroid dienone is 1. The van der Waals surface area contributed by atoms with Crippen molar-refractivity contribution in [2.45, 2.75) is 25.4 Å². The van der Waals surface area contributed by atoms with Crippen LogP contribution in [0.15, 0.2) is 209 Å². The monoisotopic (exact) mass is 837 g/mol. The van der Waals surface area contributed by atoms with Gasteiger partial charge in [-0.15, -0.1) is 0 Å². The number of hydrogen-bond acceptors (Lipinski definition) is 4. The molecule has 6 nitrogen and oxygen atoms in total. The topological polar surface area (TPSA) is 51.0 Å². The van der Waals surface area contributed by atoms with E-state index in [1.807, 2.05) is 12.1 Å². The van der Waals surface area contributed by atoms with E-state index in [4.69, 9.17) is 14.4 Å². The van der Waals surface area contributed by atoms with Gasteiger partial charge in [-0.2, -0.15) is 0 Å². The van der Waals surface area contributed by atoms with E-state index in [-0.39, 0.29) is 6.17 Å². The molecule has 0 bridgehead atoms. The summed E-state index contributed by atoms with van der Waals surface area (Å²) in [5.74, 6) is 1.96. The van der Waals surface area contributed by atoms with Gasteiger partial charge in [0.05, 0.1) is 16.6 Å². The zero-order valence-electron chi connectivity index (χ0n) is 36.1. The van der Waals surface area contributed by atoms with Crippen molar-refractivity contribution in [3.63, 3.8) is 0 Å². The summed E-state index contributed by atoms with van der Waals surface area (Å²) in [6.07, 6.45) is 5.43. The summed E-state index contributed by atoms with van der Waals surface area (Å²) in [5, 5.41) is 5.75.